The number of benzene rings is 2. The van der Waals surface area contributed by atoms with E-state index in [2.05, 4.69) is 57.3 Å². The summed E-state index contributed by atoms with van der Waals surface area (Å²) in [6.07, 6.45) is 4.65. The largest absolute Gasteiger partial charge is 0.0832 e. The van der Waals surface area contributed by atoms with Gasteiger partial charge in [-0.3, -0.25) is 0 Å². The molecule has 21 heavy (non-hydrogen) atoms. The lowest BCUT2D eigenvalue weighted by molar-refractivity contribution is 0.503. The second-order valence-electron chi connectivity index (χ2n) is 5.87. The van der Waals surface area contributed by atoms with E-state index in [1.807, 2.05) is 12.1 Å². The minimum Gasteiger partial charge on any atom is -0.0832 e. The van der Waals surface area contributed by atoms with Crippen molar-refractivity contribution in [3.8, 4) is 0 Å². The van der Waals surface area contributed by atoms with Crippen LogP contribution in [0.25, 0.3) is 0 Å². The Labute approximate surface area is 161 Å². The standard InChI is InChI=1S/C17H12Cl2I2/c18-11-3-1-9-5-7-17(13(9)15(11)20)8-6-10-2-4-12(19)16(21)14(10)17/h1-4H,5-8H2. The van der Waals surface area contributed by atoms with Crippen LogP contribution in [0.2, 0.25) is 10.0 Å². The smallest absolute Gasteiger partial charge is 0.0542 e. The van der Waals surface area contributed by atoms with Gasteiger partial charge >= 0.3 is 0 Å². The van der Waals surface area contributed by atoms with Gasteiger partial charge in [0, 0.05) is 12.6 Å². The molecule has 0 aromatic heterocycles. The van der Waals surface area contributed by atoms with Crippen molar-refractivity contribution in [2.45, 2.75) is 31.1 Å². The molecule has 0 heterocycles. The highest BCUT2D eigenvalue weighted by atomic mass is 127. The number of rotatable bonds is 0. The van der Waals surface area contributed by atoms with Gasteiger partial charge in [0.05, 0.1) is 10.0 Å². The van der Waals surface area contributed by atoms with Crippen molar-refractivity contribution >= 4 is 68.4 Å². The molecule has 0 N–H and O–H groups in total. The average Bonchev–Trinajstić information content (AvgIpc) is 3.02. The second-order valence-corrected chi connectivity index (χ2v) is 8.84. The maximum atomic E-state index is 6.42. The van der Waals surface area contributed by atoms with Crippen LogP contribution in [-0.2, 0) is 18.3 Å². The Hall–Kier alpha value is 0.480. The van der Waals surface area contributed by atoms with Gasteiger partial charge in [-0.05, 0) is 105 Å². The van der Waals surface area contributed by atoms with Crippen molar-refractivity contribution in [3.63, 3.8) is 0 Å². The summed E-state index contributed by atoms with van der Waals surface area (Å²) in [6, 6.07) is 8.51. The molecule has 2 aromatic carbocycles. The van der Waals surface area contributed by atoms with Gasteiger partial charge in [-0.25, -0.2) is 0 Å². The van der Waals surface area contributed by atoms with Crippen molar-refractivity contribution in [3.05, 3.63) is 63.7 Å². The zero-order chi connectivity index (χ0) is 14.8. The SMILES string of the molecule is Clc1ccc2c(c1I)C1(CC2)CCc2ccc(Cl)c(I)c21. The normalized spacial score (nSPS) is 18.1. The Morgan fingerprint density at radius 2 is 1.19 bits per heavy atom. The number of hydrogen-bond donors (Lipinski definition) is 0. The summed E-state index contributed by atoms with van der Waals surface area (Å²) in [4.78, 5) is 0. The minimum atomic E-state index is 0.132. The predicted molar refractivity (Wildman–Crippen MR) is 106 cm³/mol. The first-order chi connectivity index (χ1) is 10.0. The third-order valence-corrected chi connectivity index (χ3v) is 8.47. The summed E-state index contributed by atoms with van der Waals surface area (Å²) in [5, 5.41) is 1.75. The molecule has 2 aliphatic rings. The fourth-order valence-corrected chi connectivity index (χ4v) is 6.48. The zero-order valence-electron chi connectivity index (χ0n) is 11.1. The minimum absolute atomic E-state index is 0.132. The number of hydrogen-bond acceptors (Lipinski definition) is 0. The van der Waals surface area contributed by atoms with Crippen LogP contribution in [0.1, 0.15) is 35.1 Å². The maximum Gasteiger partial charge on any atom is 0.0542 e. The van der Waals surface area contributed by atoms with Crippen LogP contribution in [0, 0.1) is 7.14 Å². The zero-order valence-corrected chi connectivity index (χ0v) is 17.0. The molecule has 0 fully saturated rings. The van der Waals surface area contributed by atoms with Crippen LogP contribution in [0.3, 0.4) is 0 Å². The first-order valence-electron chi connectivity index (χ1n) is 6.99. The van der Waals surface area contributed by atoms with Gasteiger partial charge in [-0.15, -0.1) is 0 Å². The van der Waals surface area contributed by atoms with E-state index in [-0.39, 0.29) is 5.41 Å². The van der Waals surface area contributed by atoms with Crippen molar-refractivity contribution in [2.75, 3.05) is 0 Å². The second kappa shape index (κ2) is 5.25. The molecule has 0 atom stereocenters. The van der Waals surface area contributed by atoms with E-state index >= 15 is 0 Å². The molecule has 0 saturated heterocycles. The molecule has 0 saturated carbocycles. The number of aryl methyl sites for hydroxylation is 2. The van der Waals surface area contributed by atoms with Crippen molar-refractivity contribution in [1.29, 1.82) is 0 Å². The summed E-state index contributed by atoms with van der Waals surface area (Å²) >= 11 is 17.7. The maximum absolute atomic E-state index is 6.42. The summed E-state index contributed by atoms with van der Waals surface area (Å²) in [6.45, 7) is 0. The van der Waals surface area contributed by atoms with Crippen LogP contribution >= 0.6 is 68.4 Å². The van der Waals surface area contributed by atoms with Crippen molar-refractivity contribution in [1.82, 2.24) is 0 Å². The Bertz CT molecular complexity index is 702. The van der Waals surface area contributed by atoms with E-state index in [0.29, 0.717) is 0 Å². The van der Waals surface area contributed by atoms with Gasteiger partial charge in [-0.1, -0.05) is 35.3 Å². The van der Waals surface area contributed by atoms with Gasteiger partial charge in [0.1, 0.15) is 0 Å². The highest BCUT2D eigenvalue weighted by Crippen LogP contribution is 2.56. The third kappa shape index (κ3) is 2.05. The van der Waals surface area contributed by atoms with E-state index in [1.165, 1.54) is 42.2 Å². The number of fused-ring (bicyclic) bond motifs is 4. The summed E-state index contributed by atoms with van der Waals surface area (Å²) in [5.41, 5.74) is 6.00. The van der Waals surface area contributed by atoms with E-state index in [1.54, 1.807) is 0 Å². The van der Waals surface area contributed by atoms with Crippen molar-refractivity contribution < 1.29 is 0 Å². The van der Waals surface area contributed by atoms with E-state index in [0.717, 1.165) is 22.9 Å². The average molecular weight is 541 g/mol. The van der Waals surface area contributed by atoms with Crippen LogP contribution in [0.4, 0.5) is 0 Å². The van der Waals surface area contributed by atoms with Gasteiger partial charge in [0.2, 0.25) is 0 Å². The van der Waals surface area contributed by atoms with Gasteiger partial charge in [-0.2, -0.15) is 0 Å². The first-order valence-corrected chi connectivity index (χ1v) is 9.90. The van der Waals surface area contributed by atoms with Gasteiger partial charge in [0.15, 0.2) is 0 Å². The van der Waals surface area contributed by atoms with Gasteiger partial charge < -0.3 is 0 Å². The summed E-state index contributed by atoms with van der Waals surface area (Å²) < 4.78 is 2.46. The lowest BCUT2D eigenvalue weighted by Crippen LogP contribution is -2.23. The molecule has 2 aliphatic carbocycles. The van der Waals surface area contributed by atoms with E-state index < -0.39 is 0 Å². The third-order valence-electron chi connectivity index (χ3n) is 4.96. The molecule has 0 radical (unpaired) electrons. The van der Waals surface area contributed by atoms with E-state index in [9.17, 15) is 0 Å². The fraction of sp³-hybridized carbons (Fsp3) is 0.294. The molecule has 0 bridgehead atoms. The lowest BCUT2D eigenvalue weighted by atomic mass is 9.77. The van der Waals surface area contributed by atoms with E-state index in [4.69, 9.17) is 23.2 Å². The molecular formula is C17H12Cl2I2. The Morgan fingerprint density at radius 3 is 1.62 bits per heavy atom. The monoisotopic (exact) mass is 540 g/mol. The quantitative estimate of drug-likeness (QED) is 0.340. The Morgan fingerprint density at radius 1 is 0.762 bits per heavy atom. The summed E-state index contributed by atoms with van der Waals surface area (Å²) in [7, 11) is 0. The Kier molecular flexibility index (Phi) is 3.76. The van der Waals surface area contributed by atoms with Crippen LogP contribution in [0.5, 0.6) is 0 Å². The first kappa shape index (κ1) is 15.0. The van der Waals surface area contributed by atoms with Crippen LogP contribution < -0.4 is 0 Å². The molecule has 108 valence electrons. The fourth-order valence-electron chi connectivity index (χ4n) is 4.08. The number of halogens is 4. The molecule has 0 unspecified atom stereocenters. The molecule has 0 nitrogen and oxygen atoms in total. The van der Waals surface area contributed by atoms with Crippen LogP contribution in [0.15, 0.2) is 24.3 Å². The highest BCUT2D eigenvalue weighted by Gasteiger charge is 2.47. The molecule has 4 heteroatoms. The molecule has 1 spiro atoms. The van der Waals surface area contributed by atoms with Crippen molar-refractivity contribution in [2.24, 2.45) is 0 Å². The van der Waals surface area contributed by atoms with Crippen LogP contribution in [-0.4, -0.2) is 0 Å². The Balaban J connectivity index is 2.05. The topological polar surface area (TPSA) is 0 Å². The predicted octanol–water partition coefficient (Wildman–Crippen LogP) is 6.38. The molecule has 4 rings (SSSR count). The highest BCUT2D eigenvalue weighted by molar-refractivity contribution is 14.1. The molecular weight excluding hydrogens is 529 g/mol. The van der Waals surface area contributed by atoms with Gasteiger partial charge in [0.25, 0.3) is 0 Å². The lowest BCUT2D eigenvalue weighted by Gasteiger charge is -2.29. The molecule has 0 aliphatic heterocycles. The summed E-state index contributed by atoms with van der Waals surface area (Å²) in [5.74, 6) is 0. The molecule has 0 amide bonds. The molecule has 2 aromatic rings.